The summed E-state index contributed by atoms with van der Waals surface area (Å²) in [5.41, 5.74) is 4.94. The van der Waals surface area contributed by atoms with Gasteiger partial charge in [0.25, 0.3) is 17.7 Å². The molecule has 0 radical (unpaired) electrons. The quantitative estimate of drug-likeness (QED) is 0.468. The maximum Gasteiger partial charge on any atom is 0.271 e. The minimum atomic E-state index is -3.74. The van der Waals surface area contributed by atoms with E-state index in [1.165, 1.54) is 47.0 Å². The molecule has 2 rings (SSSR count). The molecule has 0 saturated heterocycles. The Labute approximate surface area is 193 Å². The van der Waals surface area contributed by atoms with Gasteiger partial charge in [0, 0.05) is 31.0 Å². The first-order chi connectivity index (χ1) is 15.6. The summed E-state index contributed by atoms with van der Waals surface area (Å²) in [4.78, 5) is 41.4. The van der Waals surface area contributed by atoms with Crippen molar-refractivity contribution >= 4 is 27.7 Å². The Hall–Kier alpha value is -3.31. The van der Waals surface area contributed by atoms with Gasteiger partial charge in [-0.1, -0.05) is 33.8 Å². The fraction of sp³-hybridized carbons (Fsp3) is 0.364. The van der Waals surface area contributed by atoms with E-state index in [2.05, 4.69) is 21.2 Å². The molecule has 0 aliphatic carbocycles. The van der Waals surface area contributed by atoms with Gasteiger partial charge in [0.1, 0.15) is 6.04 Å². The lowest BCUT2D eigenvalue weighted by molar-refractivity contribution is -0.124. The summed E-state index contributed by atoms with van der Waals surface area (Å²) in [6.45, 7) is 7.53. The lowest BCUT2D eigenvalue weighted by Gasteiger charge is -2.22. The van der Waals surface area contributed by atoms with Crippen LogP contribution in [-0.2, 0) is 14.8 Å². The normalized spacial score (nSPS) is 12.3. The third-order valence-electron chi connectivity index (χ3n) is 4.90. The molecule has 178 valence electrons. The highest BCUT2D eigenvalue weighted by molar-refractivity contribution is 7.89. The zero-order valence-electron chi connectivity index (χ0n) is 19.0. The minimum Gasteiger partial charge on any atom is -0.340 e. The number of aromatic nitrogens is 1. The largest absolute Gasteiger partial charge is 0.340 e. The third-order valence-corrected chi connectivity index (χ3v) is 6.94. The van der Waals surface area contributed by atoms with Crippen LogP contribution in [0.3, 0.4) is 0 Å². The van der Waals surface area contributed by atoms with Crippen molar-refractivity contribution in [1.82, 2.24) is 25.5 Å². The highest BCUT2D eigenvalue weighted by Crippen LogP contribution is 2.17. The molecule has 0 saturated carbocycles. The van der Waals surface area contributed by atoms with Crippen LogP contribution in [0.2, 0.25) is 0 Å². The molecule has 0 aliphatic heterocycles. The number of sulfonamides is 1. The van der Waals surface area contributed by atoms with Crippen molar-refractivity contribution in [2.45, 2.75) is 38.6 Å². The molecule has 0 aliphatic rings. The lowest BCUT2D eigenvalue weighted by Crippen LogP contribution is -2.54. The summed E-state index contributed by atoms with van der Waals surface area (Å²) in [6, 6.07) is 7.79. The van der Waals surface area contributed by atoms with Crippen LogP contribution in [0.15, 0.2) is 53.7 Å². The van der Waals surface area contributed by atoms with E-state index in [9.17, 15) is 22.8 Å². The molecule has 11 heteroatoms. The topological polar surface area (TPSA) is 138 Å². The van der Waals surface area contributed by atoms with Crippen LogP contribution < -0.4 is 16.2 Å². The van der Waals surface area contributed by atoms with Gasteiger partial charge in [0.2, 0.25) is 10.0 Å². The average molecular weight is 476 g/mol. The third kappa shape index (κ3) is 6.59. The smallest absolute Gasteiger partial charge is 0.271 e. The molecule has 0 fully saturated rings. The number of carbonyl (C=O) groups is 3. The molecule has 1 atom stereocenters. The van der Waals surface area contributed by atoms with Crippen molar-refractivity contribution in [2.75, 3.05) is 13.1 Å². The number of nitrogens with one attached hydrogen (secondary N) is 3. The number of benzene rings is 1. The number of rotatable bonds is 9. The Bertz CT molecular complexity index is 1090. The van der Waals surface area contributed by atoms with E-state index in [1.807, 2.05) is 0 Å². The van der Waals surface area contributed by atoms with Crippen LogP contribution in [-0.4, -0.2) is 54.6 Å². The number of hydrazine groups is 1. The molecule has 1 heterocycles. The molecular formula is C22H29N5O5S. The predicted molar refractivity (Wildman–Crippen MR) is 122 cm³/mol. The Morgan fingerprint density at radius 2 is 1.64 bits per heavy atom. The van der Waals surface area contributed by atoms with E-state index in [0.29, 0.717) is 13.1 Å². The number of hydrogen-bond acceptors (Lipinski definition) is 6. The molecule has 0 unspecified atom stereocenters. The van der Waals surface area contributed by atoms with Gasteiger partial charge < -0.3 is 5.32 Å². The van der Waals surface area contributed by atoms with Crippen molar-refractivity contribution < 1.29 is 22.8 Å². The maximum absolute atomic E-state index is 12.8. The van der Waals surface area contributed by atoms with Crippen LogP contribution in [0.4, 0.5) is 0 Å². The number of amides is 3. The highest BCUT2D eigenvalue weighted by Gasteiger charge is 2.27. The monoisotopic (exact) mass is 475 g/mol. The highest BCUT2D eigenvalue weighted by atomic mass is 32.2. The van der Waals surface area contributed by atoms with E-state index < -0.39 is 33.8 Å². The number of pyridine rings is 1. The standard InChI is InChI=1S/C22H29N5O5S/c1-5-27(6-2)33(31,32)18-11-7-9-16(13-18)20(28)24-19(15(3)4)22(30)26-25-21(29)17-10-8-12-23-14-17/h7-15,19H,5-6H2,1-4H3,(H,24,28)(H,25,29)(H,26,30)/t19-/m0/s1. The van der Waals surface area contributed by atoms with Gasteiger partial charge in [-0.05, 0) is 36.2 Å². The van der Waals surface area contributed by atoms with E-state index in [4.69, 9.17) is 0 Å². The van der Waals surface area contributed by atoms with Gasteiger partial charge in [0.05, 0.1) is 10.5 Å². The molecule has 0 spiro atoms. The van der Waals surface area contributed by atoms with Gasteiger partial charge in [-0.15, -0.1) is 0 Å². The number of hydrogen-bond donors (Lipinski definition) is 3. The summed E-state index contributed by atoms with van der Waals surface area (Å²) < 4.78 is 26.8. The van der Waals surface area contributed by atoms with E-state index in [-0.39, 0.29) is 21.9 Å². The van der Waals surface area contributed by atoms with Gasteiger partial charge in [-0.2, -0.15) is 4.31 Å². The molecule has 3 N–H and O–H groups in total. The van der Waals surface area contributed by atoms with Crippen molar-refractivity contribution in [3.63, 3.8) is 0 Å². The lowest BCUT2D eigenvalue weighted by atomic mass is 10.0. The Morgan fingerprint density at radius 1 is 0.970 bits per heavy atom. The number of nitrogens with zero attached hydrogens (tertiary/aromatic N) is 2. The predicted octanol–water partition coefficient (Wildman–Crippen LogP) is 1.33. The van der Waals surface area contributed by atoms with E-state index in [1.54, 1.807) is 33.8 Å². The average Bonchev–Trinajstić information content (AvgIpc) is 2.81. The molecular weight excluding hydrogens is 446 g/mol. The number of carbonyl (C=O) groups excluding carboxylic acids is 3. The summed E-state index contributed by atoms with van der Waals surface area (Å²) in [5, 5.41) is 2.61. The zero-order chi connectivity index (χ0) is 24.6. The van der Waals surface area contributed by atoms with Crippen molar-refractivity contribution in [1.29, 1.82) is 0 Å². The summed E-state index contributed by atoms with van der Waals surface area (Å²) in [7, 11) is -3.74. The molecule has 10 nitrogen and oxygen atoms in total. The van der Waals surface area contributed by atoms with Crippen LogP contribution in [0, 0.1) is 5.92 Å². The first kappa shape index (κ1) is 25.9. The molecule has 0 bridgehead atoms. The zero-order valence-corrected chi connectivity index (χ0v) is 19.8. The van der Waals surface area contributed by atoms with Crippen LogP contribution in [0.5, 0.6) is 0 Å². The van der Waals surface area contributed by atoms with Crippen molar-refractivity contribution in [3.05, 3.63) is 59.9 Å². The second-order valence-electron chi connectivity index (χ2n) is 7.50. The van der Waals surface area contributed by atoms with Gasteiger partial charge >= 0.3 is 0 Å². The van der Waals surface area contributed by atoms with Gasteiger partial charge in [-0.25, -0.2) is 8.42 Å². The summed E-state index contributed by atoms with van der Waals surface area (Å²) >= 11 is 0. The molecule has 2 aromatic rings. The van der Waals surface area contributed by atoms with E-state index in [0.717, 1.165) is 0 Å². The van der Waals surface area contributed by atoms with Crippen molar-refractivity contribution in [2.24, 2.45) is 5.92 Å². The fourth-order valence-electron chi connectivity index (χ4n) is 3.04. The second kappa shape index (κ2) is 11.5. The molecule has 1 aromatic heterocycles. The second-order valence-corrected chi connectivity index (χ2v) is 9.44. The molecule has 1 aromatic carbocycles. The van der Waals surface area contributed by atoms with Gasteiger partial charge in [0.15, 0.2) is 0 Å². The minimum absolute atomic E-state index is 0.00636. The first-order valence-corrected chi connectivity index (χ1v) is 12.0. The van der Waals surface area contributed by atoms with Gasteiger partial charge in [-0.3, -0.25) is 30.2 Å². The Morgan fingerprint density at radius 3 is 2.21 bits per heavy atom. The van der Waals surface area contributed by atoms with Crippen LogP contribution in [0.1, 0.15) is 48.4 Å². The molecule has 33 heavy (non-hydrogen) atoms. The van der Waals surface area contributed by atoms with Crippen molar-refractivity contribution in [3.8, 4) is 0 Å². The van der Waals surface area contributed by atoms with E-state index >= 15 is 0 Å². The Balaban J connectivity index is 2.12. The first-order valence-electron chi connectivity index (χ1n) is 10.5. The SMILES string of the molecule is CCN(CC)S(=O)(=O)c1cccc(C(=O)N[C@H](C(=O)NNC(=O)c2cccnc2)C(C)C)c1. The summed E-state index contributed by atoms with van der Waals surface area (Å²) in [6.07, 6.45) is 2.87. The summed E-state index contributed by atoms with van der Waals surface area (Å²) in [5.74, 6) is -2.10. The molecule has 3 amide bonds. The van der Waals surface area contributed by atoms with Crippen LogP contribution in [0.25, 0.3) is 0 Å². The maximum atomic E-state index is 12.8. The van der Waals surface area contributed by atoms with Crippen LogP contribution >= 0.6 is 0 Å². The Kier molecular flexibility index (Phi) is 9.06. The fourth-order valence-corrected chi connectivity index (χ4v) is 4.54.